The summed E-state index contributed by atoms with van der Waals surface area (Å²) in [5.74, 6) is 0. The van der Waals surface area contributed by atoms with E-state index in [2.05, 4.69) is 63.9 Å². The van der Waals surface area contributed by atoms with Gasteiger partial charge >= 0.3 is 0 Å². The lowest BCUT2D eigenvalue weighted by Crippen LogP contribution is -2.21. The number of thiophene rings is 1. The molecule has 0 amide bonds. The van der Waals surface area contributed by atoms with Crippen molar-refractivity contribution in [1.29, 1.82) is 0 Å². The molecule has 0 saturated heterocycles. The molecule has 1 heterocycles. The summed E-state index contributed by atoms with van der Waals surface area (Å²) < 4.78 is 1.18. The predicted molar refractivity (Wildman–Crippen MR) is 85.5 cm³/mol. The second-order valence-electron chi connectivity index (χ2n) is 4.07. The fourth-order valence-electron chi connectivity index (χ4n) is 1.61. The van der Waals surface area contributed by atoms with Crippen molar-refractivity contribution in [2.75, 3.05) is 6.54 Å². The average molecular weight is 342 g/mol. The Morgan fingerprint density at radius 1 is 1.28 bits per heavy atom. The number of halogens is 1. The average Bonchev–Trinajstić information content (AvgIpc) is 2.85. The second kappa shape index (κ2) is 7.34. The van der Waals surface area contributed by atoms with E-state index in [1.165, 1.54) is 14.2 Å². The highest BCUT2D eigenvalue weighted by molar-refractivity contribution is 9.10. The van der Waals surface area contributed by atoms with E-state index in [-0.39, 0.29) is 0 Å². The van der Waals surface area contributed by atoms with Gasteiger partial charge in [0.2, 0.25) is 0 Å². The van der Waals surface area contributed by atoms with Crippen LogP contribution in [-0.4, -0.2) is 11.8 Å². The molecular weight excluding hydrogens is 326 g/mol. The first-order valence-corrected chi connectivity index (χ1v) is 8.45. The smallest absolute Gasteiger partial charge is 0.0311 e. The Bertz CT molecular complexity index is 470. The molecule has 0 spiro atoms. The number of benzene rings is 1. The van der Waals surface area contributed by atoms with Crippen LogP contribution in [0.15, 0.2) is 51.1 Å². The largest absolute Gasteiger partial charge is 0.311 e. The van der Waals surface area contributed by atoms with Crippen LogP contribution >= 0.6 is 39.0 Å². The van der Waals surface area contributed by atoms with Gasteiger partial charge in [-0.25, -0.2) is 0 Å². The molecule has 4 heteroatoms. The highest BCUT2D eigenvalue weighted by Gasteiger charge is 2.06. The van der Waals surface area contributed by atoms with Gasteiger partial charge in [-0.05, 0) is 39.5 Å². The molecule has 0 aliphatic carbocycles. The molecule has 1 N–H and O–H groups in total. The molecular formula is C14H16BrNS2. The minimum atomic E-state index is 0.559. The van der Waals surface area contributed by atoms with Crippen LogP contribution in [0.3, 0.4) is 0 Å². The summed E-state index contributed by atoms with van der Waals surface area (Å²) in [6.07, 6.45) is 0. The van der Waals surface area contributed by atoms with Crippen LogP contribution in [0.4, 0.5) is 0 Å². The minimum Gasteiger partial charge on any atom is -0.311 e. The topological polar surface area (TPSA) is 12.0 Å². The van der Waals surface area contributed by atoms with Crippen molar-refractivity contribution in [2.24, 2.45) is 0 Å². The molecule has 1 aromatic carbocycles. The van der Waals surface area contributed by atoms with Crippen LogP contribution < -0.4 is 5.32 Å². The Morgan fingerprint density at radius 3 is 2.83 bits per heavy atom. The number of hydrogen-bond donors (Lipinski definition) is 1. The third kappa shape index (κ3) is 4.43. The SMILES string of the molecule is CC(CNCc1cccs1)Sc1ccccc1Br. The van der Waals surface area contributed by atoms with Crippen LogP contribution in [0.1, 0.15) is 11.8 Å². The molecule has 1 aromatic heterocycles. The van der Waals surface area contributed by atoms with Gasteiger partial charge in [0.15, 0.2) is 0 Å². The van der Waals surface area contributed by atoms with Crippen molar-refractivity contribution in [3.05, 3.63) is 51.1 Å². The molecule has 0 aliphatic heterocycles. The number of rotatable bonds is 6. The van der Waals surface area contributed by atoms with Gasteiger partial charge in [0, 0.05) is 32.6 Å². The zero-order valence-electron chi connectivity index (χ0n) is 10.2. The first-order chi connectivity index (χ1) is 8.75. The van der Waals surface area contributed by atoms with Crippen molar-refractivity contribution in [2.45, 2.75) is 23.6 Å². The number of hydrogen-bond acceptors (Lipinski definition) is 3. The third-order valence-electron chi connectivity index (χ3n) is 2.48. The van der Waals surface area contributed by atoms with Crippen molar-refractivity contribution < 1.29 is 0 Å². The quantitative estimate of drug-likeness (QED) is 0.758. The fraction of sp³-hybridized carbons (Fsp3) is 0.286. The van der Waals surface area contributed by atoms with Gasteiger partial charge in [0.05, 0.1) is 0 Å². The van der Waals surface area contributed by atoms with Gasteiger partial charge < -0.3 is 5.32 Å². The molecule has 0 saturated carbocycles. The molecule has 1 atom stereocenters. The van der Waals surface area contributed by atoms with E-state index in [9.17, 15) is 0 Å². The predicted octanol–water partition coefficient (Wildman–Crippen LogP) is 4.78. The second-order valence-corrected chi connectivity index (χ2v) is 7.44. The molecule has 0 aliphatic rings. The Labute approximate surface area is 125 Å². The summed E-state index contributed by atoms with van der Waals surface area (Å²) in [4.78, 5) is 2.70. The molecule has 0 radical (unpaired) electrons. The molecule has 0 bridgehead atoms. The summed E-state index contributed by atoms with van der Waals surface area (Å²) in [7, 11) is 0. The summed E-state index contributed by atoms with van der Waals surface area (Å²) in [5.41, 5.74) is 0. The van der Waals surface area contributed by atoms with Crippen molar-refractivity contribution in [3.8, 4) is 0 Å². The third-order valence-corrected chi connectivity index (χ3v) is 5.49. The Hall–Kier alpha value is -0.290. The van der Waals surface area contributed by atoms with Crippen molar-refractivity contribution in [1.82, 2.24) is 5.32 Å². The van der Waals surface area contributed by atoms with E-state index in [1.807, 2.05) is 17.8 Å². The summed E-state index contributed by atoms with van der Waals surface area (Å²) >= 11 is 7.29. The van der Waals surface area contributed by atoms with Gasteiger partial charge in [-0.3, -0.25) is 0 Å². The van der Waals surface area contributed by atoms with Crippen LogP contribution in [0.5, 0.6) is 0 Å². The standard InChI is InChI=1S/C14H16BrNS2/c1-11(9-16-10-12-5-4-8-17-12)18-14-7-3-2-6-13(14)15/h2-8,11,16H,9-10H2,1H3. The minimum absolute atomic E-state index is 0.559. The van der Waals surface area contributed by atoms with Gasteiger partial charge in [-0.1, -0.05) is 25.1 Å². The maximum Gasteiger partial charge on any atom is 0.0311 e. The summed E-state index contributed by atoms with van der Waals surface area (Å²) in [5, 5.41) is 6.18. The number of thioether (sulfide) groups is 1. The lowest BCUT2D eigenvalue weighted by Gasteiger charge is -2.13. The molecule has 18 heavy (non-hydrogen) atoms. The molecule has 0 fully saturated rings. The van der Waals surface area contributed by atoms with Crippen LogP contribution in [0.2, 0.25) is 0 Å². The summed E-state index contributed by atoms with van der Waals surface area (Å²) in [6.45, 7) is 4.24. The van der Waals surface area contributed by atoms with E-state index in [4.69, 9.17) is 0 Å². The van der Waals surface area contributed by atoms with Crippen molar-refractivity contribution in [3.63, 3.8) is 0 Å². The molecule has 1 unspecified atom stereocenters. The van der Waals surface area contributed by atoms with Crippen molar-refractivity contribution >= 4 is 39.0 Å². The fourth-order valence-corrected chi connectivity index (χ4v) is 3.82. The van der Waals surface area contributed by atoms with Gasteiger partial charge in [-0.2, -0.15) is 0 Å². The molecule has 2 aromatic rings. The van der Waals surface area contributed by atoms with E-state index in [0.29, 0.717) is 5.25 Å². The van der Waals surface area contributed by atoms with E-state index in [1.54, 1.807) is 11.3 Å². The van der Waals surface area contributed by atoms with Gasteiger partial charge in [0.25, 0.3) is 0 Å². The molecule has 96 valence electrons. The van der Waals surface area contributed by atoms with E-state index in [0.717, 1.165) is 13.1 Å². The zero-order valence-corrected chi connectivity index (χ0v) is 13.4. The monoisotopic (exact) mass is 341 g/mol. The molecule has 2 rings (SSSR count). The maximum absolute atomic E-state index is 3.58. The van der Waals surface area contributed by atoms with E-state index < -0.39 is 0 Å². The zero-order chi connectivity index (χ0) is 12.8. The van der Waals surface area contributed by atoms with E-state index >= 15 is 0 Å². The highest BCUT2D eigenvalue weighted by atomic mass is 79.9. The summed E-state index contributed by atoms with van der Waals surface area (Å²) in [6, 6.07) is 12.6. The Kier molecular flexibility index (Phi) is 5.76. The van der Waals surface area contributed by atoms with Crippen LogP contribution in [-0.2, 0) is 6.54 Å². The molecule has 1 nitrogen and oxygen atoms in total. The van der Waals surface area contributed by atoms with Gasteiger partial charge in [-0.15, -0.1) is 23.1 Å². The first kappa shape index (κ1) is 14.1. The first-order valence-electron chi connectivity index (χ1n) is 5.90. The van der Waals surface area contributed by atoms with Gasteiger partial charge in [0.1, 0.15) is 0 Å². The highest BCUT2D eigenvalue weighted by Crippen LogP contribution is 2.29. The van der Waals surface area contributed by atoms with Crippen LogP contribution in [0.25, 0.3) is 0 Å². The Morgan fingerprint density at radius 2 is 2.11 bits per heavy atom. The normalized spacial score (nSPS) is 12.6. The lowest BCUT2D eigenvalue weighted by molar-refractivity contribution is 0.690. The lowest BCUT2D eigenvalue weighted by atomic mass is 10.4. The Balaban J connectivity index is 1.75. The van der Waals surface area contributed by atoms with Crippen LogP contribution in [0, 0.1) is 0 Å². The maximum atomic E-state index is 3.58. The number of nitrogens with one attached hydrogen (secondary N) is 1.